The summed E-state index contributed by atoms with van der Waals surface area (Å²) in [5.41, 5.74) is 3.70. The van der Waals surface area contributed by atoms with Gasteiger partial charge in [0.25, 0.3) is 0 Å². The number of likely N-dealkylation sites (tertiary alicyclic amines) is 1. The number of pyridine rings is 1. The summed E-state index contributed by atoms with van der Waals surface area (Å²) >= 11 is 0. The highest BCUT2D eigenvalue weighted by Crippen LogP contribution is 2.35. The maximum absolute atomic E-state index is 15.0. The predicted molar refractivity (Wildman–Crippen MR) is 447 cm³/mol. The molecule has 12 N–H and O–H groups in total. The lowest BCUT2D eigenvalue weighted by molar-refractivity contribution is -0.271. The molecule has 0 radical (unpaired) electrons. The van der Waals surface area contributed by atoms with Crippen molar-refractivity contribution in [1.29, 1.82) is 0 Å². The second kappa shape index (κ2) is 46.8. The molecular weight excluding hydrogens is 1590 g/mol. The van der Waals surface area contributed by atoms with E-state index in [1.165, 1.54) is 56.9 Å². The topological polar surface area (TPSA) is 472 Å². The van der Waals surface area contributed by atoms with Gasteiger partial charge in [-0.05, 0) is 98.2 Å². The van der Waals surface area contributed by atoms with Crippen LogP contribution < -0.4 is 42.0 Å². The zero-order chi connectivity index (χ0) is 90.3. The molecule has 122 heavy (non-hydrogen) atoms. The molecule has 2 aromatic carbocycles. The second-order valence-electron chi connectivity index (χ2n) is 32.9. The van der Waals surface area contributed by atoms with Crippen LogP contribution in [0.15, 0.2) is 66.9 Å². The van der Waals surface area contributed by atoms with E-state index >= 15 is 0 Å². The largest absolute Gasteiger partial charge is 0.479 e. The first-order valence-electron chi connectivity index (χ1n) is 41.8. The summed E-state index contributed by atoms with van der Waals surface area (Å²) in [5, 5.41) is 77.6. The number of aliphatic carboxylic acids is 1. The molecule has 37 nitrogen and oxygen atoms in total. The summed E-state index contributed by atoms with van der Waals surface area (Å²) in [5.74, 6) is -9.29. The van der Waals surface area contributed by atoms with Gasteiger partial charge in [-0.3, -0.25) is 48.1 Å². The van der Waals surface area contributed by atoms with E-state index in [2.05, 4.69) is 56.8 Å². The number of aromatic nitrogens is 2. The Morgan fingerprint density at radius 1 is 0.672 bits per heavy atom. The molecule has 10 amide bonds. The average molecular weight is 1720 g/mol. The summed E-state index contributed by atoms with van der Waals surface area (Å²) in [6, 6.07) is 9.31. The summed E-state index contributed by atoms with van der Waals surface area (Å²) in [6.07, 6.45) is -10.6. The quantitative estimate of drug-likeness (QED) is 0.0283. The number of aryl methyl sites for hydroxylation is 1. The molecule has 3 aliphatic rings. The number of rotatable bonds is 45. The molecule has 2 fully saturated rings. The number of nitrogens with one attached hydrogen (secondary N) is 7. The average Bonchev–Trinajstić information content (AvgIpc) is 1.59. The Hall–Kier alpha value is -9.54. The van der Waals surface area contributed by atoms with Gasteiger partial charge in [-0.2, -0.15) is 0 Å². The smallest absolute Gasteiger partial charge is 0.410 e. The number of fused-ring (bicyclic) bond motifs is 3. The van der Waals surface area contributed by atoms with Gasteiger partial charge in [0, 0.05) is 98.7 Å². The Labute approximate surface area is 713 Å². The van der Waals surface area contributed by atoms with Crippen molar-refractivity contribution in [1.82, 2.24) is 66.2 Å². The maximum Gasteiger partial charge on any atom is 0.410 e. The fourth-order valence-electron chi connectivity index (χ4n) is 15.5. The first kappa shape index (κ1) is 99.6. The monoisotopic (exact) mass is 1710 g/mol. The molecular formula is C85H130N14O23. The molecule has 2 saturated heterocycles. The number of carbonyl (C=O) groups is 11. The van der Waals surface area contributed by atoms with Crippen LogP contribution in [0.2, 0.25) is 0 Å². The Bertz CT molecular complexity index is 4170. The fourth-order valence-corrected chi connectivity index (χ4v) is 15.5. The lowest BCUT2D eigenvalue weighted by Crippen LogP contribution is -2.61. The van der Waals surface area contributed by atoms with Crippen molar-refractivity contribution in [2.75, 3.05) is 87.2 Å². The minimum absolute atomic E-state index is 0.0494. The molecule has 37 heteroatoms. The van der Waals surface area contributed by atoms with Crippen LogP contribution in [0.4, 0.5) is 10.5 Å². The van der Waals surface area contributed by atoms with Crippen molar-refractivity contribution >= 4 is 81.9 Å². The van der Waals surface area contributed by atoms with Crippen LogP contribution in [0, 0.1) is 29.6 Å². The van der Waals surface area contributed by atoms with E-state index in [-0.39, 0.29) is 92.9 Å². The number of ether oxygens (including phenoxy) is 7. The number of carboxylic acids is 1. The number of amides is 10. The van der Waals surface area contributed by atoms with Gasteiger partial charge in [-0.25, -0.2) is 24.6 Å². The third kappa shape index (κ3) is 26.3. The number of carbonyl (C=O) groups excluding carboxylic acids is 10. The van der Waals surface area contributed by atoms with Gasteiger partial charge >= 0.3 is 12.1 Å². The van der Waals surface area contributed by atoms with Crippen molar-refractivity contribution in [3.05, 3.63) is 89.2 Å². The predicted octanol–water partition coefficient (Wildman–Crippen LogP) is 2.71. The molecule has 678 valence electrons. The lowest BCUT2D eigenvalue weighted by atomic mass is 9.89. The minimum Gasteiger partial charge on any atom is -0.479 e. The summed E-state index contributed by atoms with van der Waals surface area (Å²) in [4.78, 5) is 160. The van der Waals surface area contributed by atoms with E-state index in [0.717, 1.165) is 21.6 Å². The molecule has 3 aliphatic heterocycles. The number of likely N-dealkylation sites (N-methyl/N-ethyl adjacent to an activating group) is 2. The Balaban J connectivity index is 0.904. The third-order valence-electron chi connectivity index (χ3n) is 22.9. The van der Waals surface area contributed by atoms with Crippen LogP contribution in [0.1, 0.15) is 150 Å². The van der Waals surface area contributed by atoms with Gasteiger partial charge in [0.15, 0.2) is 6.10 Å². The van der Waals surface area contributed by atoms with E-state index in [4.69, 9.17) is 33.2 Å². The van der Waals surface area contributed by atoms with Gasteiger partial charge < -0.3 is 110 Å². The first-order valence-corrected chi connectivity index (χ1v) is 41.8. The number of carboxylic acid groups (broad SMARTS) is 1. The van der Waals surface area contributed by atoms with Crippen LogP contribution >= 0.6 is 0 Å². The third-order valence-corrected chi connectivity index (χ3v) is 22.9. The van der Waals surface area contributed by atoms with Crippen molar-refractivity contribution < 1.29 is 111 Å². The first-order chi connectivity index (χ1) is 57.8. The number of benzene rings is 2. The second-order valence-corrected chi connectivity index (χ2v) is 32.9. The summed E-state index contributed by atoms with van der Waals surface area (Å²) < 4.78 is 42.4. The molecule has 18 atom stereocenters. The molecule has 2 aromatic heterocycles. The SMILES string of the molecule is CC[C@H](C)[C@@H]([C@@H](CC(=O)N1CCC[C@H]1[C@H](OC)[C@@H](C)C(=O)N[C@H](C)[C@@H](O)c1ccccc1)OC)N(C)C(=O)[C@@H](NC(=O)[C@H](C(C)C)N(C)C(=O)OCc1ccc(NC(=O)[C@H](C)NC(=O)[C@@H](NC(=O)CCOCCOCCNC(=O)[C@H](C)NC(=O)CCn2c3c(c4cccnc42)CN(C)N(C)C3)C(C)C)c(O[C@@H]2O[C@H](C(=O)O)[C@@H](O)[C@H](O)[C@H]2O)c1)C(C)C. The zero-order valence-electron chi connectivity index (χ0n) is 73.5. The summed E-state index contributed by atoms with van der Waals surface area (Å²) in [7, 11) is 9.90. The number of aliphatic hydroxyl groups excluding tert-OH is 4. The molecule has 0 unspecified atom stereocenters. The highest BCUT2D eigenvalue weighted by molar-refractivity contribution is 5.99. The highest BCUT2D eigenvalue weighted by Gasteiger charge is 2.49. The highest BCUT2D eigenvalue weighted by atomic mass is 16.7. The number of aliphatic hydroxyl groups is 4. The van der Waals surface area contributed by atoms with Gasteiger partial charge in [-0.15, -0.1) is 0 Å². The summed E-state index contributed by atoms with van der Waals surface area (Å²) in [6.45, 7) is 22.5. The van der Waals surface area contributed by atoms with Gasteiger partial charge in [-0.1, -0.05) is 105 Å². The van der Waals surface area contributed by atoms with E-state index in [9.17, 15) is 78.3 Å². The number of hydrogen-bond donors (Lipinski definition) is 12. The van der Waals surface area contributed by atoms with E-state index < -0.39 is 175 Å². The molecule has 0 saturated carbocycles. The number of hydrogen-bond acceptors (Lipinski definition) is 25. The van der Waals surface area contributed by atoms with E-state index in [1.807, 2.05) is 46.1 Å². The van der Waals surface area contributed by atoms with Crippen LogP contribution in [0.5, 0.6) is 5.75 Å². The van der Waals surface area contributed by atoms with Gasteiger partial charge in [0.2, 0.25) is 59.5 Å². The normalized spacial score (nSPS) is 20.5. The molecule has 5 heterocycles. The van der Waals surface area contributed by atoms with Crippen LogP contribution in [0.3, 0.4) is 0 Å². The molecule has 7 rings (SSSR count). The lowest BCUT2D eigenvalue weighted by Gasteiger charge is -2.41. The molecule has 4 aromatic rings. The molecule has 0 bridgehead atoms. The van der Waals surface area contributed by atoms with Crippen molar-refractivity contribution in [3.8, 4) is 5.75 Å². The standard InChI is InChI=1S/C85H130N14O23/c1-19-49(8)69(62(116-17)42-65(102)98-35-24-28-59(98)74(117-18)50(9)77(107)89-51(10)70(103)55-25-21-20-22-26-55)96(15)82(112)67(47(4)5)93-81(111)68(48(6)7)97(16)85(115)120-45-54-29-30-58(61(41-54)121-84-73(106)71(104)72(105)75(122-84)83(113)114)91-79(109)53(12)90-80(110)66(46(2)3)92-64(101)32-37-118-39-40-119-38-34-87-78(108)52(11)88-63(100)31-36-99-60-44-95(14)94(13)43-57(60)56-27-23-33-86-76(56)99/h20-23,25-27,29-30,33,41,46-53,59,62,66-75,84,103-106H,19,24,28,31-32,34-40,42-45H2,1-18H3,(H,87,108)(H,88,100)(H,89,107)(H,90,110)(H,91,109)(H,92,101)(H,93,111)(H,113,114)/t49-,50+,51+,52-,53-,59-,62+,66-,67-,68-,69-,70+,71-,72-,73+,74+,75-,84+/m0/s1. The minimum atomic E-state index is -2.11. The molecule has 0 spiro atoms. The number of methoxy groups -OCH3 is 2. The van der Waals surface area contributed by atoms with Crippen molar-refractivity contribution in [2.45, 2.75) is 245 Å². The van der Waals surface area contributed by atoms with Crippen molar-refractivity contribution in [3.63, 3.8) is 0 Å². The number of hydrazine groups is 1. The van der Waals surface area contributed by atoms with Gasteiger partial charge in [0.05, 0.1) is 87.4 Å². The Morgan fingerprint density at radius 2 is 1.33 bits per heavy atom. The molecule has 0 aliphatic carbocycles. The van der Waals surface area contributed by atoms with E-state index in [0.29, 0.717) is 51.0 Å². The van der Waals surface area contributed by atoms with Crippen molar-refractivity contribution in [2.24, 2.45) is 29.6 Å². The Kier molecular flexibility index (Phi) is 38.2. The van der Waals surface area contributed by atoms with Crippen LogP contribution in [0.25, 0.3) is 11.0 Å². The zero-order valence-corrected chi connectivity index (χ0v) is 73.5. The Morgan fingerprint density at radius 3 is 1.97 bits per heavy atom. The maximum atomic E-state index is 15.0. The fraction of sp³-hybridized carbons (Fsp3) is 0.647. The van der Waals surface area contributed by atoms with Crippen LogP contribution in [-0.2, 0) is 103 Å². The number of nitrogens with zero attached hydrogens (tertiary/aromatic N) is 7. The van der Waals surface area contributed by atoms with Crippen LogP contribution in [-0.4, -0.2) is 298 Å². The van der Waals surface area contributed by atoms with E-state index in [1.54, 1.807) is 105 Å². The number of anilines is 1. The van der Waals surface area contributed by atoms with Gasteiger partial charge in [0.1, 0.15) is 66.5 Å².